The Labute approximate surface area is 174 Å². The molecule has 4 rings (SSSR count). The van der Waals surface area contributed by atoms with E-state index in [4.69, 9.17) is 14.2 Å². The SMILES string of the molecule is COc1cc(OCc2ccccc2)c([C@H](CC2CC2)N2CCNCC2)cc1OC. The highest BCUT2D eigenvalue weighted by Crippen LogP contribution is 2.45. The summed E-state index contributed by atoms with van der Waals surface area (Å²) in [6.07, 6.45) is 3.86. The summed E-state index contributed by atoms with van der Waals surface area (Å²) in [5, 5.41) is 3.47. The third-order valence-electron chi connectivity index (χ3n) is 5.96. The maximum absolute atomic E-state index is 6.36. The van der Waals surface area contributed by atoms with E-state index in [1.807, 2.05) is 24.3 Å². The van der Waals surface area contributed by atoms with Crippen LogP contribution >= 0.6 is 0 Å². The summed E-state index contributed by atoms with van der Waals surface area (Å²) in [7, 11) is 3.38. The van der Waals surface area contributed by atoms with Gasteiger partial charge in [-0.15, -0.1) is 0 Å². The van der Waals surface area contributed by atoms with E-state index in [1.54, 1.807) is 14.2 Å². The predicted octanol–water partition coefficient (Wildman–Crippen LogP) is 4.03. The van der Waals surface area contributed by atoms with Gasteiger partial charge in [0.05, 0.1) is 14.2 Å². The van der Waals surface area contributed by atoms with Crippen molar-refractivity contribution in [1.82, 2.24) is 10.2 Å². The number of methoxy groups -OCH3 is 2. The van der Waals surface area contributed by atoms with Crippen LogP contribution in [0.2, 0.25) is 0 Å². The molecular weight excluding hydrogens is 364 g/mol. The molecule has 5 nitrogen and oxygen atoms in total. The van der Waals surface area contributed by atoms with E-state index in [0.717, 1.165) is 49.2 Å². The van der Waals surface area contributed by atoms with Gasteiger partial charge in [0.1, 0.15) is 12.4 Å². The Kier molecular flexibility index (Phi) is 6.57. The van der Waals surface area contributed by atoms with E-state index in [1.165, 1.54) is 24.8 Å². The molecule has 0 aromatic heterocycles. The molecule has 1 N–H and O–H groups in total. The van der Waals surface area contributed by atoms with Gasteiger partial charge < -0.3 is 19.5 Å². The van der Waals surface area contributed by atoms with E-state index < -0.39 is 0 Å². The minimum Gasteiger partial charge on any atom is -0.493 e. The van der Waals surface area contributed by atoms with Crippen molar-refractivity contribution >= 4 is 0 Å². The Bertz CT molecular complexity index is 786. The smallest absolute Gasteiger partial charge is 0.164 e. The van der Waals surface area contributed by atoms with Gasteiger partial charge in [-0.2, -0.15) is 0 Å². The van der Waals surface area contributed by atoms with Crippen molar-refractivity contribution in [2.75, 3.05) is 40.4 Å². The monoisotopic (exact) mass is 396 g/mol. The first kappa shape index (κ1) is 20.0. The average Bonchev–Trinajstić information content (AvgIpc) is 3.61. The standard InChI is InChI=1S/C24H32N2O3/c1-27-23-15-20(21(14-18-8-9-18)26-12-10-25-11-13-26)22(16-24(23)28-2)29-17-19-6-4-3-5-7-19/h3-7,15-16,18,21,25H,8-14,17H2,1-2H3/t21-/m0/s1. The molecule has 0 bridgehead atoms. The molecule has 0 spiro atoms. The lowest BCUT2D eigenvalue weighted by Crippen LogP contribution is -2.45. The van der Waals surface area contributed by atoms with Crippen molar-refractivity contribution in [3.8, 4) is 17.2 Å². The molecule has 2 aromatic rings. The normalized spacial score (nSPS) is 18.3. The van der Waals surface area contributed by atoms with Crippen LogP contribution in [0.5, 0.6) is 17.2 Å². The van der Waals surface area contributed by atoms with Crippen molar-refractivity contribution in [2.45, 2.75) is 31.9 Å². The Morgan fingerprint density at radius 1 is 0.966 bits per heavy atom. The summed E-state index contributed by atoms with van der Waals surface area (Å²) >= 11 is 0. The Balaban J connectivity index is 1.67. The predicted molar refractivity (Wildman–Crippen MR) is 115 cm³/mol. The van der Waals surface area contributed by atoms with Gasteiger partial charge in [-0.3, -0.25) is 4.90 Å². The maximum atomic E-state index is 6.36. The van der Waals surface area contributed by atoms with E-state index in [2.05, 4.69) is 28.4 Å². The second kappa shape index (κ2) is 9.51. The van der Waals surface area contributed by atoms with Gasteiger partial charge in [-0.05, 0) is 24.0 Å². The van der Waals surface area contributed by atoms with Crippen molar-refractivity contribution in [3.05, 3.63) is 53.6 Å². The summed E-state index contributed by atoms with van der Waals surface area (Å²) in [5.74, 6) is 3.20. The van der Waals surface area contributed by atoms with Crippen LogP contribution in [0.15, 0.2) is 42.5 Å². The first-order valence-electron chi connectivity index (χ1n) is 10.7. The van der Waals surface area contributed by atoms with Crippen molar-refractivity contribution in [1.29, 1.82) is 0 Å². The summed E-state index contributed by atoms with van der Waals surface area (Å²) in [5.41, 5.74) is 2.38. The van der Waals surface area contributed by atoms with E-state index in [0.29, 0.717) is 18.4 Å². The molecule has 1 saturated heterocycles. The topological polar surface area (TPSA) is 43.0 Å². The fraction of sp³-hybridized carbons (Fsp3) is 0.500. The summed E-state index contributed by atoms with van der Waals surface area (Å²) in [6, 6.07) is 14.8. The van der Waals surface area contributed by atoms with Crippen LogP contribution < -0.4 is 19.5 Å². The number of rotatable bonds is 9. The highest BCUT2D eigenvalue weighted by atomic mass is 16.5. The van der Waals surface area contributed by atoms with Crippen molar-refractivity contribution in [3.63, 3.8) is 0 Å². The zero-order chi connectivity index (χ0) is 20.1. The number of ether oxygens (including phenoxy) is 3. The van der Waals surface area contributed by atoms with Crippen LogP contribution in [0, 0.1) is 5.92 Å². The maximum Gasteiger partial charge on any atom is 0.164 e. The zero-order valence-corrected chi connectivity index (χ0v) is 17.5. The quantitative estimate of drug-likeness (QED) is 0.693. The highest BCUT2D eigenvalue weighted by molar-refractivity contribution is 5.52. The second-order valence-electron chi connectivity index (χ2n) is 8.00. The Hall–Kier alpha value is -2.24. The molecule has 5 heteroatoms. The lowest BCUT2D eigenvalue weighted by atomic mass is 9.97. The molecule has 2 aliphatic rings. The van der Waals surface area contributed by atoms with Gasteiger partial charge in [-0.25, -0.2) is 0 Å². The molecule has 0 radical (unpaired) electrons. The lowest BCUT2D eigenvalue weighted by Gasteiger charge is -2.36. The Morgan fingerprint density at radius 3 is 2.31 bits per heavy atom. The fourth-order valence-corrected chi connectivity index (χ4v) is 4.13. The largest absolute Gasteiger partial charge is 0.493 e. The molecule has 1 atom stereocenters. The van der Waals surface area contributed by atoms with Gasteiger partial charge >= 0.3 is 0 Å². The molecule has 2 aromatic carbocycles. The second-order valence-corrected chi connectivity index (χ2v) is 8.00. The molecule has 29 heavy (non-hydrogen) atoms. The van der Waals surface area contributed by atoms with Gasteiger partial charge in [0.25, 0.3) is 0 Å². The van der Waals surface area contributed by atoms with Crippen LogP contribution in [-0.2, 0) is 6.61 Å². The summed E-state index contributed by atoms with van der Waals surface area (Å²) in [4.78, 5) is 2.60. The highest BCUT2D eigenvalue weighted by Gasteiger charge is 2.33. The minimum absolute atomic E-state index is 0.343. The van der Waals surface area contributed by atoms with Crippen LogP contribution in [0.4, 0.5) is 0 Å². The molecule has 1 saturated carbocycles. The van der Waals surface area contributed by atoms with Gasteiger partial charge in [0.2, 0.25) is 0 Å². The van der Waals surface area contributed by atoms with Gasteiger partial charge in [-0.1, -0.05) is 43.2 Å². The molecule has 2 fully saturated rings. The Morgan fingerprint density at radius 2 is 1.66 bits per heavy atom. The summed E-state index contributed by atoms with van der Waals surface area (Å²) < 4.78 is 17.6. The van der Waals surface area contributed by atoms with Crippen LogP contribution in [0.25, 0.3) is 0 Å². The lowest BCUT2D eigenvalue weighted by molar-refractivity contribution is 0.155. The number of hydrogen-bond acceptors (Lipinski definition) is 5. The molecule has 1 aliphatic carbocycles. The van der Waals surface area contributed by atoms with E-state index in [-0.39, 0.29) is 0 Å². The zero-order valence-electron chi connectivity index (χ0n) is 17.5. The number of nitrogens with zero attached hydrogens (tertiary/aromatic N) is 1. The molecule has 156 valence electrons. The van der Waals surface area contributed by atoms with Gasteiger partial charge in [0.15, 0.2) is 11.5 Å². The van der Waals surface area contributed by atoms with Crippen LogP contribution in [0.3, 0.4) is 0 Å². The molecule has 0 amide bonds. The first-order valence-corrected chi connectivity index (χ1v) is 10.7. The molecule has 1 heterocycles. The first-order chi connectivity index (χ1) is 14.3. The summed E-state index contributed by atoms with van der Waals surface area (Å²) in [6.45, 7) is 4.73. The average molecular weight is 397 g/mol. The number of piperazine rings is 1. The van der Waals surface area contributed by atoms with E-state index in [9.17, 15) is 0 Å². The third-order valence-corrected chi connectivity index (χ3v) is 5.96. The number of hydrogen-bond donors (Lipinski definition) is 1. The fourth-order valence-electron chi connectivity index (χ4n) is 4.13. The molecular formula is C24H32N2O3. The van der Waals surface area contributed by atoms with E-state index >= 15 is 0 Å². The third kappa shape index (κ3) is 5.03. The van der Waals surface area contributed by atoms with Crippen LogP contribution in [0.1, 0.15) is 36.4 Å². The molecule has 0 unspecified atom stereocenters. The van der Waals surface area contributed by atoms with Crippen molar-refractivity contribution in [2.24, 2.45) is 5.92 Å². The molecule has 1 aliphatic heterocycles. The van der Waals surface area contributed by atoms with Crippen molar-refractivity contribution < 1.29 is 14.2 Å². The number of nitrogens with one attached hydrogen (secondary N) is 1. The van der Waals surface area contributed by atoms with Gasteiger partial charge in [0, 0.05) is 43.9 Å². The number of benzene rings is 2. The van der Waals surface area contributed by atoms with Crippen LogP contribution in [-0.4, -0.2) is 45.3 Å². The minimum atomic E-state index is 0.343.